The number of ether oxygens (including phenoxy) is 1. The van der Waals surface area contributed by atoms with Crippen LogP contribution in [0.25, 0.3) is 0 Å². The van der Waals surface area contributed by atoms with Crippen molar-refractivity contribution in [3.8, 4) is 0 Å². The molecule has 0 aliphatic heterocycles. The molecule has 3 nitrogen and oxygen atoms in total. The minimum absolute atomic E-state index is 0.0196. The summed E-state index contributed by atoms with van der Waals surface area (Å²) in [5.74, 6) is -1.74. The number of nitrogens with zero attached hydrogens (tertiary/aromatic N) is 1. The van der Waals surface area contributed by atoms with Gasteiger partial charge in [0.25, 0.3) is 0 Å². The van der Waals surface area contributed by atoms with Gasteiger partial charge in [0.2, 0.25) is 0 Å². The third-order valence-electron chi connectivity index (χ3n) is 3.11. The van der Waals surface area contributed by atoms with Crippen molar-refractivity contribution in [3.05, 3.63) is 63.4 Å². The van der Waals surface area contributed by atoms with Gasteiger partial charge < -0.3 is 4.74 Å². The normalized spacial score (nSPS) is 12.8. The van der Waals surface area contributed by atoms with E-state index in [9.17, 15) is 18.0 Å². The number of pyridine rings is 1. The van der Waals surface area contributed by atoms with Crippen molar-refractivity contribution in [2.24, 2.45) is 0 Å². The lowest BCUT2D eigenvalue weighted by Gasteiger charge is -2.17. The van der Waals surface area contributed by atoms with Crippen molar-refractivity contribution in [2.75, 3.05) is 7.11 Å². The highest BCUT2D eigenvalue weighted by molar-refractivity contribution is 6.31. The Labute approximate surface area is 140 Å². The van der Waals surface area contributed by atoms with Crippen molar-refractivity contribution < 1.29 is 22.7 Å². The van der Waals surface area contributed by atoms with Crippen LogP contribution in [0.3, 0.4) is 0 Å². The maximum atomic E-state index is 12.7. The predicted octanol–water partition coefficient (Wildman–Crippen LogP) is 4.71. The van der Waals surface area contributed by atoms with Gasteiger partial charge in [-0.3, -0.25) is 9.78 Å². The van der Waals surface area contributed by atoms with Crippen molar-refractivity contribution in [1.29, 1.82) is 0 Å². The van der Waals surface area contributed by atoms with Crippen LogP contribution in [0.2, 0.25) is 10.0 Å². The average molecular weight is 364 g/mol. The quantitative estimate of drug-likeness (QED) is 0.741. The molecule has 0 aliphatic carbocycles. The van der Waals surface area contributed by atoms with Crippen molar-refractivity contribution >= 4 is 29.2 Å². The molecule has 0 spiro atoms. The zero-order valence-electron chi connectivity index (χ0n) is 11.7. The number of methoxy groups -OCH3 is 1. The van der Waals surface area contributed by atoms with Gasteiger partial charge in [0, 0.05) is 11.2 Å². The lowest BCUT2D eigenvalue weighted by atomic mass is 9.95. The maximum Gasteiger partial charge on any atom is 0.417 e. The highest BCUT2D eigenvalue weighted by atomic mass is 35.5. The van der Waals surface area contributed by atoms with E-state index in [1.807, 2.05) is 0 Å². The molecule has 0 fully saturated rings. The second-order valence-corrected chi connectivity index (χ2v) is 5.44. The lowest BCUT2D eigenvalue weighted by Crippen LogP contribution is -2.18. The fourth-order valence-corrected chi connectivity index (χ4v) is 2.40. The number of esters is 1. The molecule has 23 heavy (non-hydrogen) atoms. The van der Waals surface area contributed by atoms with E-state index in [1.54, 1.807) is 24.3 Å². The number of hydrogen-bond acceptors (Lipinski definition) is 3. The number of rotatable bonds is 3. The fourth-order valence-electron chi connectivity index (χ4n) is 1.99. The van der Waals surface area contributed by atoms with Crippen LogP contribution in [0.15, 0.2) is 36.5 Å². The zero-order valence-corrected chi connectivity index (χ0v) is 13.2. The second-order valence-electron chi connectivity index (χ2n) is 4.60. The van der Waals surface area contributed by atoms with Crippen LogP contribution in [-0.2, 0) is 15.7 Å². The third-order valence-corrected chi connectivity index (χ3v) is 3.67. The lowest BCUT2D eigenvalue weighted by molar-refractivity contribution is -0.141. The van der Waals surface area contributed by atoms with Gasteiger partial charge in [0.05, 0.1) is 23.4 Å². The Kier molecular flexibility index (Phi) is 5.16. The molecule has 0 saturated carbocycles. The fraction of sp³-hybridized carbons (Fsp3) is 0.200. The number of alkyl halides is 3. The molecule has 2 rings (SSSR count). The summed E-state index contributed by atoms with van der Waals surface area (Å²) in [5.41, 5.74) is -0.560. The minimum Gasteiger partial charge on any atom is -0.468 e. The summed E-state index contributed by atoms with van der Waals surface area (Å²) in [6, 6.07) is 6.94. The second kappa shape index (κ2) is 6.76. The molecule has 1 atom stereocenters. The number of halogens is 5. The van der Waals surface area contributed by atoms with Crippen molar-refractivity contribution in [2.45, 2.75) is 12.1 Å². The predicted molar refractivity (Wildman–Crippen MR) is 79.6 cm³/mol. The topological polar surface area (TPSA) is 39.2 Å². The van der Waals surface area contributed by atoms with Gasteiger partial charge in [-0.15, -0.1) is 0 Å². The van der Waals surface area contributed by atoms with Crippen LogP contribution in [-0.4, -0.2) is 18.1 Å². The summed E-state index contributed by atoms with van der Waals surface area (Å²) in [6.07, 6.45) is -3.94. The van der Waals surface area contributed by atoms with E-state index < -0.39 is 23.6 Å². The summed E-state index contributed by atoms with van der Waals surface area (Å²) in [4.78, 5) is 15.8. The van der Waals surface area contributed by atoms with Gasteiger partial charge in [-0.1, -0.05) is 35.3 Å². The first-order valence-corrected chi connectivity index (χ1v) is 7.05. The van der Waals surface area contributed by atoms with Gasteiger partial charge in [-0.2, -0.15) is 13.2 Å². The Bertz CT molecular complexity index is 718. The Morgan fingerprint density at radius 3 is 2.30 bits per heavy atom. The summed E-state index contributed by atoms with van der Waals surface area (Å²) in [6.45, 7) is 0. The average Bonchev–Trinajstić information content (AvgIpc) is 2.49. The van der Waals surface area contributed by atoms with Crippen LogP contribution < -0.4 is 0 Å². The van der Waals surface area contributed by atoms with E-state index in [1.165, 1.54) is 7.11 Å². The molecular formula is C15H10Cl2F3NO2. The standard InChI is InChI=1S/C15H10Cl2F3NO2/c1-23-14(22)12(8-2-4-10(16)5-3-8)13-11(17)6-9(7-21-13)15(18,19)20/h2-7,12H,1H3. The molecule has 0 bridgehead atoms. The number of carbonyl (C=O) groups is 1. The van der Waals surface area contributed by atoms with Crippen molar-refractivity contribution in [1.82, 2.24) is 4.98 Å². The Morgan fingerprint density at radius 1 is 1.22 bits per heavy atom. The molecule has 8 heteroatoms. The molecule has 1 aromatic carbocycles. The number of benzene rings is 1. The smallest absolute Gasteiger partial charge is 0.417 e. The SMILES string of the molecule is COC(=O)C(c1ccc(Cl)cc1)c1ncc(C(F)(F)F)cc1Cl. The molecule has 0 amide bonds. The van der Waals surface area contributed by atoms with Crippen molar-refractivity contribution in [3.63, 3.8) is 0 Å². The van der Waals surface area contributed by atoms with E-state index >= 15 is 0 Å². The number of hydrogen-bond donors (Lipinski definition) is 0. The molecule has 1 unspecified atom stereocenters. The molecule has 1 aromatic heterocycles. The van der Waals surface area contributed by atoms with E-state index in [4.69, 9.17) is 27.9 Å². The molecule has 0 aliphatic rings. The summed E-state index contributed by atoms with van der Waals surface area (Å²) < 4.78 is 42.8. The number of carbonyl (C=O) groups excluding carboxylic acids is 1. The molecule has 0 radical (unpaired) electrons. The monoisotopic (exact) mass is 363 g/mol. The van der Waals surface area contributed by atoms with Crippen LogP contribution in [0.5, 0.6) is 0 Å². The number of aromatic nitrogens is 1. The van der Waals surface area contributed by atoms with E-state index in [0.717, 1.165) is 6.07 Å². The Morgan fingerprint density at radius 2 is 1.83 bits per heavy atom. The third kappa shape index (κ3) is 3.95. The van der Waals surface area contributed by atoms with Gasteiger partial charge in [-0.05, 0) is 23.8 Å². The van der Waals surface area contributed by atoms with Crippen LogP contribution >= 0.6 is 23.2 Å². The van der Waals surface area contributed by atoms with E-state index in [0.29, 0.717) is 16.8 Å². The van der Waals surface area contributed by atoms with Crippen LogP contribution in [0, 0.1) is 0 Å². The first kappa shape index (κ1) is 17.6. The molecule has 1 heterocycles. The molecule has 122 valence electrons. The zero-order chi connectivity index (χ0) is 17.2. The maximum absolute atomic E-state index is 12.7. The Hall–Kier alpha value is -1.79. The summed E-state index contributed by atoms with van der Waals surface area (Å²) in [5, 5.41) is 0.175. The molecule has 2 aromatic rings. The van der Waals surface area contributed by atoms with E-state index in [2.05, 4.69) is 4.98 Å². The van der Waals surface area contributed by atoms with E-state index in [-0.39, 0.29) is 10.7 Å². The minimum atomic E-state index is -4.57. The molecule has 0 N–H and O–H groups in total. The van der Waals surface area contributed by atoms with Gasteiger partial charge in [0.15, 0.2) is 0 Å². The Balaban J connectivity index is 2.52. The summed E-state index contributed by atoms with van der Waals surface area (Å²) in [7, 11) is 1.17. The first-order valence-electron chi connectivity index (χ1n) is 6.30. The molecular weight excluding hydrogens is 354 g/mol. The van der Waals surface area contributed by atoms with Crippen LogP contribution in [0.4, 0.5) is 13.2 Å². The largest absolute Gasteiger partial charge is 0.468 e. The van der Waals surface area contributed by atoms with Gasteiger partial charge in [-0.25, -0.2) is 0 Å². The van der Waals surface area contributed by atoms with Gasteiger partial charge in [0.1, 0.15) is 5.92 Å². The van der Waals surface area contributed by atoms with Gasteiger partial charge >= 0.3 is 12.1 Å². The molecule has 0 saturated heterocycles. The highest BCUT2D eigenvalue weighted by Gasteiger charge is 2.34. The summed E-state index contributed by atoms with van der Waals surface area (Å²) >= 11 is 11.7. The first-order chi connectivity index (χ1) is 10.7. The van der Waals surface area contributed by atoms with Crippen LogP contribution in [0.1, 0.15) is 22.7 Å². The highest BCUT2D eigenvalue weighted by Crippen LogP contribution is 2.35.